The molecule has 0 aliphatic carbocycles. The second-order valence-corrected chi connectivity index (χ2v) is 12.2. The summed E-state index contributed by atoms with van der Waals surface area (Å²) >= 11 is 0. The molecule has 1 unspecified atom stereocenters. The molecule has 1 saturated heterocycles. The lowest BCUT2D eigenvalue weighted by atomic mass is 9.91. The highest BCUT2D eigenvalue weighted by atomic mass is 19.1. The zero-order chi connectivity index (χ0) is 33.1. The summed E-state index contributed by atoms with van der Waals surface area (Å²) in [6, 6.07) is 19.4. The van der Waals surface area contributed by atoms with Crippen LogP contribution in [-0.4, -0.2) is 53.9 Å². The number of amides is 3. The molecule has 1 aliphatic rings. The summed E-state index contributed by atoms with van der Waals surface area (Å²) in [5.41, 5.74) is 8.92. The minimum Gasteiger partial charge on any atom is -0.494 e. The molecule has 1 fully saturated rings. The molecule has 4 rings (SSSR count). The van der Waals surface area contributed by atoms with E-state index in [9.17, 15) is 18.8 Å². The normalized spacial score (nSPS) is 16.6. The molecule has 4 atom stereocenters. The summed E-state index contributed by atoms with van der Waals surface area (Å²) < 4.78 is 19.1. The number of rotatable bonds is 14. The van der Waals surface area contributed by atoms with Crippen molar-refractivity contribution in [2.45, 2.75) is 83.8 Å². The summed E-state index contributed by atoms with van der Waals surface area (Å²) in [4.78, 5) is 42.5. The van der Waals surface area contributed by atoms with Crippen molar-refractivity contribution in [1.29, 1.82) is 0 Å². The topological polar surface area (TPSA) is 114 Å². The van der Waals surface area contributed by atoms with Crippen LogP contribution in [0.15, 0.2) is 72.8 Å². The molecular weight excluding hydrogens is 583 g/mol. The van der Waals surface area contributed by atoms with Crippen LogP contribution in [0.25, 0.3) is 0 Å². The Bertz CT molecular complexity index is 1450. The van der Waals surface area contributed by atoms with E-state index in [0.29, 0.717) is 48.6 Å². The number of nitrogens with two attached hydrogens (primary N) is 1. The second kappa shape index (κ2) is 16.9. The molecule has 4 N–H and O–H groups in total. The van der Waals surface area contributed by atoms with Gasteiger partial charge in [-0.2, -0.15) is 0 Å². The average Bonchev–Trinajstić information content (AvgIpc) is 3.06. The lowest BCUT2D eigenvalue weighted by molar-refractivity contribution is -0.119. The van der Waals surface area contributed by atoms with E-state index in [4.69, 9.17) is 10.5 Å². The third kappa shape index (κ3) is 9.63. The van der Waals surface area contributed by atoms with E-state index < -0.39 is 18.0 Å². The van der Waals surface area contributed by atoms with E-state index in [2.05, 4.69) is 17.6 Å². The van der Waals surface area contributed by atoms with Crippen molar-refractivity contribution >= 4 is 23.4 Å². The summed E-state index contributed by atoms with van der Waals surface area (Å²) in [5, 5.41) is 5.91. The van der Waals surface area contributed by atoms with Gasteiger partial charge >= 0.3 is 0 Å². The first-order valence-corrected chi connectivity index (χ1v) is 16.4. The first kappa shape index (κ1) is 34.6. The number of anilines is 1. The number of carbonyl (C=O) groups excluding carboxylic acids is 3. The third-order valence-electron chi connectivity index (χ3n) is 8.55. The number of ether oxygens (including phenoxy) is 1. The van der Waals surface area contributed by atoms with E-state index in [1.165, 1.54) is 24.3 Å². The molecule has 0 bridgehead atoms. The quantitative estimate of drug-likeness (QED) is 0.192. The Kier molecular flexibility index (Phi) is 12.7. The van der Waals surface area contributed by atoms with Crippen molar-refractivity contribution in [2.24, 2.45) is 11.7 Å². The molecule has 1 heterocycles. The van der Waals surface area contributed by atoms with Crippen LogP contribution in [0.4, 0.5) is 10.1 Å². The molecule has 0 radical (unpaired) electrons. The number of likely N-dealkylation sites (tertiary alicyclic amines) is 1. The smallest absolute Gasteiger partial charge is 0.254 e. The first-order valence-electron chi connectivity index (χ1n) is 16.4. The van der Waals surface area contributed by atoms with Gasteiger partial charge in [-0.3, -0.25) is 14.4 Å². The predicted octanol–water partition coefficient (Wildman–Crippen LogP) is 6.35. The van der Waals surface area contributed by atoms with Crippen LogP contribution >= 0.6 is 0 Å². The van der Waals surface area contributed by atoms with E-state index >= 15 is 0 Å². The molecule has 3 aromatic carbocycles. The molecule has 3 aromatic rings. The number of nitrogens with zero attached hydrogens (tertiary/aromatic N) is 1. The molecular formula is C37H47FN4O4. The van der Waals surface area contributed by atoms with E-state index in [-0.39, 0.29) is 29.6 Å². The molecule has 46 heavy (non-hydrogen) atoms. The number of piperidine rings is 1. The van der Waals surface area contributed by atoms with Crippen molar-refractivity contribution in [3.05, 3.63) is 95.3 Å². The Morgan fingerprint density at radius 1 is 1.00 bits per heavy atom. The standard InChI is InChI=1S/C37H47FN4O4/c1-4-11-31-14-9-10-19-42(31)37(45)28-22-27(23-32(24-28)46-5-2)36(44)41-34(21-26-12-7-6-8-13-26)33(39)20-25(3)35(43)40-30-17-15-29(38)16-18-30/h6-8,12-13,15-18,22-25,31,33-34H,4-5,9-11,14,19-21,39H2,1-3H3,(H,40,43)(H,41,44)/t25-,31?,33+,34+/m1/s1. The minimum absolute atomic E-state index is 0.0905. The van der Waals surface area contributed by atoms with Gasteiger partial charge in [0.15, 0.2) is 0 Å². The SMILES string of the molecule is CCCC1CCCCN1C(=O)c1cc(OCC)cc(C(=O)N[C@@H](Cc2ccccc2)[C@@H](N)C[C@@H](C)C(=O)Nc2ccc(F)cc2)c1. The monoisotopic (exact) mass is 630 g/mol. The predicted molar refractivity (Wildman–Crippen MR) is 179 cm³/mol. The van der Waals surface area contributed by atoms with Crippen LogP contribution in [0, 0.1) is 11.7 Å². The zero-order valence-electron chi connectivity index (χ0n) is 27.1. The van der Waals surface area contributed by atoms with E-state index in [1.807, 2.05) is 42.2 Å². The molecule has 0 saturated carbocycles. The fourth-order valence-electron chi connectivity index (χ4n) is 6.08. The summed E-state index contributed by atoms with van der Waals surface area (Å²) in [7, 11) is 0. The van der Waals surface area contributed by atoms with Gasteiger partial charge in [-0.25, -0.2) is 4.39 Å². The van der Waals surface area contributed by atoms with Gasteiger partial charge in [-0.05, 0) is 93.5 Å². The van der Waals surface area contributed by atoms with Gasteiger partial charge in [-0.15, -0.1) is 0 Å². The van der Waals surface area contributed by atoms with Crippen LogP contribution in [0.5, 0.6) is 5.75 Å². The fraction of sp³-hybridized carbons (Fsp3) is 0.432. The zero-order valence-corrected chi connectivity index (χ0v) is 27.1. The average molecular weight is 631 g/mol. The number of hydrogen-bond acceptors (Lipinski definition) is 5. The summed E-state index contributed by atoms with van der Waals surface area (Å²) in [6.45, 7) is 6.85. The van der Waals surface area contributed by atoms with Crippen molar-refractivity contribution in [3.63, 3.8) is 0 Å². The molecule has 246 valence electrons. The highest BCUT2D eigenvalue weighted by Gasteiger charge is 2.29. The Morgan fingerprint density at radius 2 is 1.72 bits per heavy atom. The van der Waals surface area contributed by atoms with Gasteiger partial charge in [0.2, 0.25) is 5.91 Å². The fourth-order valence-corrected chi connectivity index (χ4v) is 6.08. The maximum Gasteiger partial charge on any atom is 0.254 e. The summed E-state index contributed by atoms with van der Waals surface area (Å²) in [5.74, 6) is -1.13. The third-order valence-corrected chi connectivity index (χ3v) is 8.55. The maximum atomic E-state index is 13.9. The number of carbonyl (C=O) groups is 3. The van der Waals surface area contributed by atoms with Crippen LogP contribution < -0.4 is 21.1 Å². The Balaban J connectivity index is 1.54. The minimum atomic E-state index is -0.572. The number of nitrogens with one attached hydrogen (secondary N) is 2. The second-order valence-electron chi connectivity index (χ2n) is 12.2. The largest absolute Gasteiger partial charge is 0.494 e. The van der Waals surface area contributed by atoms with Gasteiger partial charge in [0, 0.05) is 47.4 Å². The Hall–Kier alpha value is -4.24. The van der Waals surface area contributed by atoms with Crippen LogP contribution in [0.3, 0.4) is 0 Å². The maximum absolute atomic E-state index is 13.9. The Morgan fingerprint density at radius 3 is 2.41 bits per heavy atom. The van der Waals surface area contributed by atoms with Gasteiger partial charge < -0.3 is 26.0 Å². The summed E-state index contributed by atoms with van der Waals surface area (Å²) in [6.07, 6.45) is 5.74. The van der Waals surface area contributed by atoms with Crippen molar-refractivity contribution < 1.29 is 23.5 Å². The van der Waals surface area contributed by atoms with Gasteiger partial charge in [0.05, 0.1) is 6.61 Å². The molecule has 8 nitrogen and oxygen atoms in total. The van der Waals surface area contributed by atoms with E-state index in [1.54, 1.807) is 25.1 Å². The Labute approximate surface area is 271 Å². The van der Waals surface area contributed by atoms with Gasteiger partial charge in [-0.1, -0.05) is 50.6 Å². The van der Waals surface area contributed by atoms with Crippen molar-refractivity contribution in [2.75, 3.05) is 18.5 Å². The van der Waals surface area contributed by atoms with Gasteiger partial charge in [0.1, 0.15) is 11.6 Å². The van der Waals surface area contributed by atoms with Crippen LogP contribution in [-0.2, 0) is 11.2 Å². The van der Waals surface area contributed by atoms with Crippen molar-refractivity contribution in [1.82, 2.24) is 10.2 Å². The first-order chi connectivity index (χ1) is 22.2. The lowest BCUT2D eigenvalue weighted by Crippen LogP contribution is -2.50. The molecule has 0 spiro atoms. The molecule has 3 amide bonds. The molecule has 1 aliphatic heterocycles. The van der Waals surface area contributed by atoms with Gasteiger partial charge in [0.25, 0.3) is 11.8 Å². The molecule has 9 heteroatoms. The van der Waals surface area contributed by atoms with E-state index in [0.717, 1.165) is 37.7 Å². The highest BCUT2D eigenvalue weighted by molar-refractivity contribution is 6.00. The number of halogens is 1. The highest BCUT2D eigenvalue weighted by Crippen LogP contribution is 2.26. The molecule has 0 aromatic heterocycles. The number of benzene rings is 3. The van der Waals surface area contributed by atoms with Crippen LogP contribution in [0.1, 0.15) is 85.6 Å². The van der Waals surface area contributed by atoms with Crippen LogP contribution in [0.2, 0.25) is 0 Å². The van der Waals surface area contributed by atoms with Crippen molar-refractivity contribution in [3.8, 4) is 5.75 Å². The lowest BCUT2D eigenvalue weighted by Gasteiger charge is -2.36. The number of hydrogen-bond donors (Lipinski definition) is 3.